The van der Waals surface area contributed by atoms with Crippen LogP contribution in [0.4, 0.5) is 0 Å². The van der Waals surface area contributed by atoms with Crippen molar-refractivity contribution in [2.45, 2.75) is 51.5 Å². The van der Waals surface area contributed by atoms with E-state index in [2.05, 4.69) is 31.3 Å². The number of methoxy groups -OCH3 is 1. The SMILES string of the molecule is COc1ccc(C(C)(C)NC(=O)C2C3CC4CC(C3)CC2C4)cc1. The van der Waals surface area contributed by atoms with Crippen LogP contribution in [0.3, 0.4) is 0 Å². The highest BCUT2D eigenvalue weighted by Gasteiger charge is 2.51. The van der Waals surface area contributed by atoms with Crippen LogP contribution in [0.5, 0.6) is 5.75 Å². The molecule has 4 aliphatic rings. The molecular weight excluding hydrogens is 298 g/mol. The van der Waals surface area contributed by atoms with Gasteiger partial charge in [0.1, 0.15) is 5.75 Å². The fraction of sp³-hybridized carbons (Fsp3) is 0.667. The standard InChI is InChI=1S/C21H29NO2/c1-21(2,17-4-6-18(24-3)7-5-17)22-20(23)19-15-9-13-8-14(11-15)12-16(19)10-13/h4-7,13-16,19H,8-12H2,1-3H3,(H,22,23). The van der Waals surface area contributed by atoms with E-state index in [0.717, 1.165) is 23.1 Å². The van der Waals surface area contributed by atoms with Gasteiger partial charge in [0.25, 0.3) is 0 Å². The van der Waals surface area contributed by atoms with Crippen molar-refractivity contribution in [3.63, 3.8) is 0 Å². The zero-order chi connectivity index (χ0) is 16.9. The van der Waals surface area contributed by atoms with Crippen molar-refractivity contribution < 1.29 is 9.53 Å². The third kappa shape index (κ3) is 2.72. The molecule has 1 amide bonds. The smallest absolute Gasteiger partial charge is 0.224 e. The summed E-state index contributed by atoms with van der Waals surface area (Å²) in [6, 6.07) is 8.03. The summed E-state index contributed by atoms with van der Waals surface area (Å²) in [6.07, 6.45) is 6.57. The molecule has 0 heterocycles. The molecule has 130 valence electrons. The molecule has 4 saturated carbocycles. The summed E-state index contributed by atoms with van der Waals surface area (Å²) in [4.78, 5) is 13.1. The molecule has 4 aliphatic carbocycles. The Morgan fingerprint density at radius 2 is 1.54 bits per heavy atom. The second-order valence-electron chi connectivity index (χ2n) is 8.80. The Hall–Kier alpha value is -1.51. The summed E-state index contributed by atoms with van der Waals surface area (Å²) in [5, 5.41) is 3.36. The first-order valence-corrected chi connectivity index (χ1v) is 9.43. The molecule has 3 heteroatoms. The first-order valence-electron chi connectivity index (χ1n) is 9.43. The molecule has 4 bridgehead atoms. The number of rotatable bonds is 4. The van der Waals surface area contributed by atoms with Crippen molar-refractivity contribution in [1.29, 1.82) is 0 Å². The molecule has 0 radical (unpaired) electrons. The highest BCUT2D eigenvalue weighted by atomic mass is 16.5. The van der Waals surface area contributed by atoms with Crippen LogP contribution in [0.1, 0.15) is 51.5 Å². The molecule has 0 spiro atoms. The van der Waals surface area contributed by atoms with E-state index in [1.54, 1.807) is 7.11 Å². The predicted molar refractivity (Wildman–Crippen MR) is 94.7 cm³/mol. The van der Waals surface area contributed by atoms with Crippen molar-refractivity contribution in [2.24, 2.45) is 29.6 Å². The summed E-state index contributed by atoms with van der Waals surface area (Å²) in [5.41, 5.74) is 0.776. The van der Waals surface area contributed by atoms with Crippen LogP contribution in [-0.4, -0.2) is 13.0 Å². The van der Waals surface area contributed by atoms with Crippen molar-refractivity contribution in [3.8, 4) is 5.75 Å². The van der Waals surface area contributed by atoms with E-state index in [-0.39, 0.29) is 17.4 Å². The molecule has 1 N–H and O–H groups in total. The molecule has 0 atom stereocenters. The van der Waals surface area contributed by atoms with Gasteiger partial charge in [0.05, 0.1) is 12.6 Å². The molecule has 24 heavy (non-hydrogen) atoms. The summed E-state index contributed by atoms with van der Waals surface area (Å²) in [6.45, 7) is 4.20. The number of benzene rings is 1. The first-order chi connectivity index (χ1) is 11.5. The maximum Gasteiger partial charge on any atom is 0.224 e. The topological polar surface area (TPSA) is 38.3 Å². The first kappa shape index (κ1) is 16.0. The lowest BCUT2D eigenvalue weighted by atomic mass is 9.51. The average molecular weight is 327 g/mol. The lowest BCUT2D eigenvalue weighted by Gasteiger charge is -2.54. The highest BCUT2D eigenvalue weighted by Crippen LogP contribution is 2.56. The normalized spacial score (nSPS) is 34.2. The minimum Gasteiger partial charge on any atom is -0.497 e. The number of hydrogen-bond donors (Lipinski definition) is 1. The Morgan fingerprint density at radius 1 is 1.00 bits per heavy atom. The Morgan fingerprint density at radius 3 is 2.04 bits per heavy atom. The van der Waals surface area contributed by atoms with Crippen LogP contribution < -0.4 is 10.1 Å². The van der Waals surface area contributed by atoms with Crippen LogP contribution >= 0.6 is 0 Å². The molecule has 3 nitrogen and oxygen atoms in total. The van der Waals surface area contributed by atoms with Gasteiger partial charge >= 0.3 is 0 Å². The van der Waals surface area contributed by atoms with E-state index < -0.39 is 0 Å². The number of ether oxygens (including phenoxy) is 1. The van der Waals surface area contributed by atoms with Crippen molar-refractivity contribution in [3.05, 3.63) is 29.8 Å². The van der Waals surface area contributed by atoms with Gasteiger partial charge < -0.3 is 10.1 Å². The van der Waals surface area contributed by atoms with Gasteiger partial charge in [0.15, 0.2) is 0 Å². The van der Waals surface area contributed by atoms with Crippen LogP contribution in [-0.2, 0) is 10.3 Å². The van der Waals surface area contributed by atoms with Gasteiger partial charge in [-0.05, 0) is 87.3 Å². The molecule has 0 aliphatic heterocycles. The van der Waals surface area contributed by atoms with Crippen LogP contribution in [0.25, 0.3) is 0 Å². The molecule has 4 fully saturated rings. The number of nitrogens with one attached hydrogen (secondary N) is 1. The molecule has 1 aromatic carbocycles. The largest absolute Gasteiger partial charge is 0.497 e. The third-order valence-electron chi connectivity index (χ3n) is 6.78. The van der Waals surface area contributed by atoms with Crippen molar-refractivity contribution >= 4 is 5.91 Å². The minimum absolute atomic E-state index is 0.246. The molecular formula is C21H29NO2. The zero-order valence-corrected chi connectivity index (χ0v) is 15.0. The Labute approximate surface area is 145 Å². The summed E-state index contributed by atoms with van der Waals surface area (Å²) in [5.74, 6) is 4.46. The lowest BCUT2D eigenvalue weighted by molar-refractivity contribution is -0.139. The maximum atomic E-state index is 13.1. The quantitative estimate of drug-likeness (QED) is 0.903. The monoisotopic (exact) mass is 327 g/mol. The summed E-state index contributed by atoms with van der Waals surface area (Å²) in [7, 11) is 1.67. The van der Waals surface area contributed by atoms with E-state index in [1.807, 2.05) is 12.1 Å². The molecule has 5 rings (SSSR count). The fourth-order valence-electron chi connectivity index (χ4n) is 5.82. The molecule has 1 aromatic rings. The van der Waals surface area contributed by atoms with Crippen molar-refractivity contribution in [2.75, 3.05) is 7.11 Å². The number of amides is 1. The number of carbonyl (C=O) groups excluding carboxylic acids is 1. The summed E-state index contributed by atoms with van der Waals surface area (Å²) >= 11 is 0. The minimum atomic E-state index is -0.349. The summed E-state index contributed by atoms with van der Waals surface area (Å²) < 4.78 is 5.24. The Kier molecular flexibility index (Phi) is 3.85. The highest BCUT2D eigenvalue weighted by molar-refractivity contribution is 5.80. The van der Waals surface area contributed by atoms with Gasteiger partial charge in [-0.15, -0.1) is 0 Å². The molecule has 0 unspecified atom stereocenters. The Balaban J connectivity index is 1.48. The number of carbonyl (C=O) groups is 1. The zero-order valence-electron chi connectivity index (χ0n) is 15.0. The maximum absolute atomic E-state index is 13.1. The van der Waals surface area contributed by atoms with Gasteiger partial charge in [-0.2, -0.15) is 0 Å². The molecule has 0 aromatic heterocycles. The lowest BCUT2D eigenvalue weighted by Crippen LogP contribution is -2.54. The molecule has 0 saturated heterocycles. The van der Waals surface area contributed by atoms with E-state index in [9.17, 15) is 4.79 Å². The average Bonchev–Trinajstić information content (AvgIpc) is 2.53. The van der Waals surface area contributed by atoms with Gasteiger partial charge in [0, 0.05) is 5.92 Å². The fourth-order valence-corrected chi connectivity index (χ4v) is 5.82. The van der Waals surface area contributed by atoms with Gasteiger partial charge in [-0.25, -0.2) is 0 Å². The predicted octanol–water partition coefficient (Wildman–Crippen LogP) is 4.12. The van der Waals surface area contributed by atoms with E-state index in [1.165, 1.54) is 32.1 Å². The van der Waals surface area contributed by atoms with Crippen LogP contribution in [0, 0.1) is 29.6 Å². The van der Waals surface area contributed by atoms with Gasteiger partial charge in [0.2, 0.25) is 5.91 Å². The van der Waals surface area contributed by atoms with Crippen LogP contribution in [0.2, 0.25) is 0 Å². The second kappa shape index (κ2) is 5.79. The van der Waals surface area contributed by atoms with Gasteiger partial charge in [-0.3, -0.25) is 4.79 Å². The van der Waals surface area contributed by atoms with E-state index in [4.69, 9.17) is 4.74 Å². The van der Waals surface area contributed by atoms with Gasteiger partial charge in [-0.1, -0.05) is 12.1 Å². The van der Waals surface area contributed by atoms with Crippen LogP contribution in [0.15, 0.2) is 24.3 Å². The second-order valence-corrected chi connectivity index (χ2v) is 8.80. The van der Waals surface area contributed by atoms with E-state index in [0.29, 0.717) is 11.8 Å². The van der Waals surface area contributed by atoms with E-state index >= 15 is 0 Å². The Bertz CT molecular complexity index is 591. The van der Waals surface area contributed by atoms with Crippen molar-refractivity contribution in [1.82, 2.24) is 5.32 Å². The number of hydrogen-bond acceptors (Lipinski definition) is 2. The third-order valence-corrected chi connectivity index (χ3v) is 6.78.